The molecule has 3 heterocycles. The van der Waals surface area contributed by atoms with Crippen molar-refractivity contribution in [3.63, 3.8) is 0 Å². The number of hydrogen-bond acceptors (Lipinski definition) is 4. The van der Waals surface area contributed by atoms with Gasteiger partial charge in [-0.15, -0.1) is 0 Å². The van der Waals surface area contributed by atoms with Crippen LogP contribution in [0, 0.1) is 17.3 Å². The van der Waals surface area contributed by atoms with Crippen molar-refractivity contribution in [1.82, 2.24) is 14.7 Å². The molecule has 0 amide bonds. The Hall–Kier alpha value is -1.87. The predicted octanol–water partition coefficient (Wildman–Crippen LogP) is 4.76. The van der Waals surface area contributed by atoms with E-state index in [0.717, 1.165) is 44.1 Å². The first-order chi connectivity index (χ1) is 15.9. The highest BCUT2D eigenvalue weighted by molar-refractivity contribution is 7.92. The molecule has 0 unspecified atom stereocenters. The van der Waals surface area contributed by atoms with Crippen molar-refractivity contribution in [3.8, 4) is 11.3 Å². The number of halogens is 3. The summed E-state index contributed by atoms with van der Waals surface area (Å²) in [5, 5.41) is 4.72. The number of rotatable bonds is 4. The second kappa shape index (κ2) is 7.32. The minimum absolute atomic E-state index is 0.00112. The molecule has 0 N–H and O–H groups in total. The van der Waals surface area contributed by atoms with Crippen LogP contribution in [-0.2, 0) is 16.0 Å². The van der Waals surface area contributed by atoms with Crippen molar-refractivity contribution < 1.29 is 21.6 Å². The van der Waals surface area contributed by atoms with Crippen molar-refractivity contribution in [2.24, 2.45) is 17.3 Å². The Balaban J connectivity index is 1.17. The molecular formula is C25H30F3N3O2S. The van der Waals surface area contributed by atoms with Crippen molar-refractivity contribution in [3.05, 3.63) is 41.6 Å². The lowest BCUT2D eigenvalue weighted by Gasteiger charge is -2.38. The number of sulfone groups is 1. The molecule has 1 spiro atoms. The number of fused-ring (bicyclic) bond motifs is 1. The normalized spacial score (nSPS) is 31.7. The van der Waals surface area contributed by atoms with E-state index in [9.17, 15) is 21.6 Å². The van der Waals surface area contributed by atoms with E-state index >= 15 is 0 Å². The molecule has 2 saturated carbocycles. The molecule has 2 saturated heterocycles. The number of aromatic nitrogens is 2. The van der Waals surface area contributed by atoms with Gasteiger partial charge in [0, 0.05) is 41.2 Å². The van der Waals surface area contributed by atoms with E-state index < -0.39 is 21.6 Å². The van der Waals surface area contributed by atoms with E-state index in [1.54, 1.807) is 6.07 Å². The third-order valence-corrected chi connectivity index (χ3v) is 10.6. The van der Waals surface area contributed by atoms with Gasteiger partial charge in [0.15, 0.2) is 9.84 Å². The summed E-state index contributed by atoms with van der Waals surface area (Å²) in [6, 6.07) is 8.06. The van der Waals surface area contributed by atoms with E-state index in [4.69, 9.17) is 5.10 Å². The Bertz CT molecular complexity index is 1210. The number of likely N-dealkylation sites (tertiary alicyclic amines) is 1. The largest absolute Gasteiger partial charge is 0.416 e. The monoisotopic (exact) mass is 493 g/mol. The van der Waals surface area contributed by atoms with Crippen molar-refractivity contribution in [1.29, 1.82) is 0 Å². The Morgan fingerprint density at radius 2 is 1.82 bits per heavy atom. The average Bonchev–Trinajstić information content (AvgIpc) is 3.18. The van der Waals surface area contributed by atoms with Gasteiger partial charge in [-0.25, -0.2) is 8.42 Å². The minimum Gasteiger partial charge on any atom is -0.300 e. The first kappa shape index (κ1) is 22.6. The molecule has 184 valence electrons. The molecular weight excluding hydrogens is 463 g/mol. The molecule has 2 aliphatic heterocycles. The first-order valence-electron chi connectivity index (χ1n) is 12.2. The summed E-state index contributed by atoms with van der Waals surface area (Å²) in [6.45, 7) is 6.02. The zero-order valence-electron chi connectivity index (χ0n) is 19.4. The molecule has 4 aliphatic rings. The van der Waals surface area contributed by atoms with Crippen molar-refractivity contribution in [2.45, 2.75) is 57.3 Å². The summed E-state index contributed by atoms with van der Waals surface area (Å²) in [4.78, 5) is 2.52. The topological polar surface area (TPSA) is 55.2 Å². The summed E-state index contributed by atoms with van der Waals surface area (Å²) in [5.74, 6) is 2.27. The first-order valence-corrected chi connectivity index (χ1v) is 14.0. The number of hydrogen-bond donors (Lipinski definition) is 0. The van der Waals surface area contributed by atoms with Crippen LogP contribution in [0.4, 0.5) is 13.2 Å². The summed E-state index contributed by atoms with van der Waals surface area (Å²) in [5.41, 5.74) is 1.58. The molecule has 1 aromatic heterocycles. The van der Waals surface area contributed by atoms with Crippen LogP contribution >= 0.6 is 0 Å². The molecule has 2 aromatic rings. The van der Waals surface area contributed by atoms with Crippen LogP contribution in [0.2, 0.25) is 0 Å². The molecule has 4 fully saturated rings. The quantitative estimate of drug-likeness (QED) is 0.616. The number of nitrogens with zero attached hydrogens (tertiary/aromatic N) is 3. The second-order valence-corrected chi connectivity index (χ2v) is 13.4. The highest BCUT2D eigenvalue weighted by atomic mass is 32.2. The smallest absolute Gasteiger partial charge is 0.300 e. The van der Waals surface area contributed by atoms with Crippen LogP contribution in [0.1, 0.15) is 56.3 Å². The Labute approximate surface area is 198 Å². The van der Waals surface area contributed by atoms with Gasteiger partial charge in [-0.05, 0) is 69.7 Å². The third-order valence-electron chi connectivity index (χ3n) is 8.54. The van der Waals surface area contributed by atoms with E-state index in [1.807, 2.05) is 10.7 Å². The van der Waals surface area contributed by atoms with E-state index in [0.29, 0.717) is 46.6 Å². The molecule has 4 atom stereocenters. The Kier molecular flexibility index (Phi) is 4.86. The fraction of sp³-hybridized carbons (Fsp3) is 0.640. The summed E-state index contributed by atoms with van der Waals surface area (Å²) < 4.78 is 65.0. The van der Waals surface area contributed by atoms with Gasteiger partial charge >= 0.3 is 6.18 Å². The lowest BCUT2D eigenvalue weighted by Crippen LogP contribution is -2.50. The second-order valence-electron chi connectivity index (χ2n) is 11.3. The fourth-order valence-corrected chi connectivity index (χ4v) is 9.28. The van der Waals surface area contributed by atoms with Crippen LogP contribution in [0.15, 0.2) is 30.3 Å². The van der Waals surface area contributed by atoms with Gasteiger partial charge in [-0.2, -0.15) is 18.3 Å². The van der Waals surface area contributed by atoms with Crippen LogP contribution in [0.3, 0.4) is 0 Å². The summed E-state index contributed by atoms with van der Waals surface area (Å²) in [6.07, 6.45) is -1.16. The molecule has 0 radical (unpaired) electrons. The van der Waals surface area contributed by atoms with Crippen LogP contribution < -0.4 is 0 Å². The Morgan fingerprint density at radius 1 is 1.12 bits per heavy atom. The maximum Gasteiger partial charge on any atom is 0.416 e. The van der Waals surface area contributed by atoms with Gasteiger partial charge in [0.1, 0.15) is 0 Å². The molecule has 9 heteroatoms. The maximum absolute atomic E-state index is 13.2. The van der Waals surface area contributed by atoms with Crippen LogP contribution in [0.25, 0.3) is 11.3 Å². The highest BCUT2D eigenvalue weighted by Crippen LogP contribution is 2.64. The van der Waals surface area contributed by atoms with Crippen LogP contribution in [0.5, 0.6) is 0 Å². The SMILES string of the molecule is CC(C)n1nc(-c2cccc(C(F)(F)F)c2)cc1[C@H]1[C@@H]2C[C@H](N3CCC4(C3)CS(=O)(=O)C4)C[C@@H]21. The van der Waals surface area contributed by atoms with Gasteiger partial charge in [0.25, 0.3) is 0 Å². The van der Waals surface area contributed by atoms with Crippen LogP contribution in [-0.4, -0.2) is 53.7 Å². The van der Waals surface area contributed by atoms with Gasteiger partial charge < -0.3 is 0 Å². The molecule has 2 aliphatic carbocycles. The van der Waals surface area contributed by atoms with E-state index in [2.05, 4.69) is 18.7 Å². The molecule has 6 rings (SSSR count). The fourth-order valence-electron chi connectivity index (χ4n) is 7.02. The van der Waals surface area contributed by atoms with Crippen molar-refractivity contribution in [2.75, 3.05) is 24.6 Å². The lowest BCUT2D eigenvalue weighted by atomic mass is 9.91. The van der Waals surface area contributed by atoms with E-state index in [1.165, 1.54) is 12.1 Å². The van der Waals surface area contributed by atoms with Crippen molar-refractivity contribution >= 4 is 9.84 Å². The number of benzene rings is 1. The van der Waals surface area contributed by atoms with Gasteiger partial charge in [-0.3, -0.25) is 9.58 Å². The van der Waals surface area contributed by atoms with E-state index in [-0.39, 0.29) is 11.5 Å². The average molecular weight is 494 g/mol. The molecule has 34 heavy (non-hydrogen) atoms. The van der Waals surface area contributed by atoms with Gasteiger partial charge in [0.05, 0.1) is 22.8 Å². The highest BCUT2D eigenvalue weighted by Gasteiger charge is 2.60. The van der Waals surface area contributed by atoms with Gasteiger partial charge in [-0.1, -0.05) is 12.1 Å². The number of alkyl halides is 3. The molecule has 0 bridgehead atoms. The zero-order valence-corrected chi connectivity index (χ0v) is 20.2. The molecule has 1 aromatic carbocycles. The Morgan fingerprint density at radius 3 is 2.44 bits per heavy atom. The summed E-state index contributed by atoms with van der Waals surface area (Å²) in [7, 11) is -2.81. The predicted molar refractivity (Wildman–Crippen MR) is 123 cm³/mol. The zero-order chi connectivity index (χ0) is 24.0. The van der Waals surface area contributed by atoms with Gasteiger partial charge in [0.2, 0.25) is 0 Å². The maximum atomic E-state index is 13.2. The third kappa shape index (κ3) is 3.70. The lowest BCUT2D eigenvalue weighted by molar-refractivity contribution is -0.137. The molecule has 5 nitrogen and oxygen atoms in total. The minimum atomic E-state index is -4.38. The standard InChI is InChI=1S/C25H30F3N3O2S/c1-15(2)31-22(11-21(29-31)16-4-3-5-17(8-16)25(26,27)28)23-19-9-18(10-20(19)23)30-7-6-24(12-30)13-34(32,33)14-24/h3-5,8,11,15,18-20,23H,6-7,9-10,12-14H2,1-2H3/t18-,19+,20-,23-. The summed E-state index contributed by atoms with van der Waals surface area (Å²) >= 11 is 0.